The molecular weight excluding hydrogens is 576 g/mol. The molecule has 1 aliphatic rings. The van der Waals surface area contributed by atoms with Crippen LogP contribution in [0.15, 0.2) is 95.5 Å². The molecule has 1 fully saturated rings. The van der Waals surface area contributed by atoms with Gasteiger partial charge in [-0.3, -0.25) is 9.59 Å². The lowest BCUT2D eigenvalue weighted by atomic mass is 9.94. The van der Waals surface area contributed by atoms with E-state index in [4.69, 9.17) is 4.74 Å². The lowest BCUT2D eigenvalue weighted by Gasteiger charge is -2.33. The van der Waals surface area contributed by atoms with Crippen molar-refractivity contribution in [3.8, 4) is 5.75 Å². The summed E-state index contributed by atoms with van der Waals surface area (Å²) in [4.78, 5) is 29.7. The third-order valence-corrected chi connectivity index (χ3v) is 8.82. The molecule has 41 heavy (non-hydrogen) atoms. The number of carbonyl (C=O) groups excluding carboxylic acids is 2. The molecule has 0 saturated heterocycles. The maximum absolute atomic E-state index is 14.0. The first-order valence-corrected chi connectivity index (χ1v) is 15.3. The first-order chi connectivity index (χ1) is 20.0. The third-order valence-electron chi connectivity index (χ3n) is 8.00. The molecular formula is C35H37BrN2O3. The highest BCUT2D eigenvalue weighted by molar-refractivity contribution is 9.10. The molecule has 5 nitrogen and oxygen atoms in total. The summed E-state index contributed by atoms with van der Waals surface area (Å²) in [6.45, 7) is 2.18. The highest BCUT2D eigenvalue weighted by Gasteiger charge is 2.32. The van der Waals surface area contributed by atoms with Crippen LogP contribution in [0.4, 0.5) is 0 Å². The van der Waals surface area contributed by atoms with E-state index in [1.54, 1.807) is 4.90 Å². The van der Waals surface area contributed by atoms with Gasteiger partial charge in [-0.2, -0.15) is 0 Å². The van der Waals surface area contributed by atoms with Crippen molar-refractivity contribution in [1.82, 2.24) is 10.2 Å². The Bertz CT molecular complexity index is 1480. The Labute approximate surface area is 251 Å². The molecule has 0 aliphatic heterocycles. The quantitative estimate of drug-likeness (QED) is 0.203. The first-order valence-electron chi connectivity index (χ1n) is 14.5. The Morgan fingerprint density at radius 3 is 2.39 bits per heavy atom. The molecule has 0 radical (unpaired) electrons. The van der Waals surface area contributed by atoms with E-state index in [-0.39, 0.29) is 24.5 Å². The minimum absolute atomic E-state index is 0.102. The zero-order chi connectivity index (χ0) is 28.6. The summed E-state index contributed by atoms with van der Waals surface area (Å²) in [5.74, 6) is 0.266. The van der Waals surface area contributed by atoms with E-state index in [2.05, 4.69) is 21.2 Å². The zero-order valence-corrected chi connectivity index (χ0v) is 25.1. The summed E-state index contributed by atoms with van der Waals surface area (Å²) in [5.41, 5.74) is 3.10. The summed E-state index contributed by atoms with van der Waals surface area (Å²) in [5, 5.41) is 5.40. The minimum atomic E-state index is -0.671. The normalized spacial score (nSPS) is 14.4. The minimum Gasteiger partial charge on any atom is -0.483 e. The number of carbonyl (C=O) groups is 2. The van der Waals surface area contributed by atoms with Crippen LogP contribution in [-0.2, 0) is 22.6 Å². The molecule has 1 N–H and O–H groups in total. The van der Waals surface area contributed by atoms with Crippen LogP contribution in [-0.4, -0.2) is 35.4 Å². The van der Waals surface area contributed by atoms with Gasteiger partial charge in [0.15, 0.2) is 6.61 Å². The number of amides is 2. The number of hydrogen-bond donors (Lipinski definition) is 1. The van der Waals surface area contributed by atoms with E-state index < -0.39 is 6.04 Å². The molecule has 2 amide bonds. The van der Waals surface area contributed by atoms with Gasteiger partial charge in [0, 0.05) is 19.0 Å². The van der Waals surface area contributed by atoms with Crippen molar-refractivity contribution in [1.29, 1.82) is 0 Å². The molecule has 1 aliphatic carbocycles. The predicted molar refractivity (Wildman–Crippen MR) is 168 cm³/mol. The van der Waals surface area contributed by atoms with E-state index in [1.807, 2.05) is 97.9 Å². The van der Waals surface area contributed by atoms with Crippen molar-refractivity contribution in [2.24, 2.45) is 0 Å². The Morgan fingerprint density at radius 1 is 0.902 bits per heavy atom. The van der Waals surface area contributed by atoms with Gasteiger partial charge in [0.1, 0.15) is 11.8 Å². The van der Waals surface area contributed by atoms with E-state index >= 15 is 0 Å². The average Bonchev–Trinajstić information content (AvgIpc) is 3.00. The van der Waals surface area contributed by atoms with Gasteiger partial charge in [0.05, 0.1) is 4.47 Å². The van der Waals surface area contributed by atoms with E-state index in [0.717, 1.165) is 57.6 Å². The van der Waals surface area contributed by atoms with Crippen molar-refractivity contribution in [2.75, 3.05) is 6.61 Å². The Balaban J connectivity index is 1.44. The number of fused-ring (bicyclic) bond motifs is 1. The Hall–Kier alpha value is -3.64. The van der Waals surface area contributed by atoms with Crippen LogP contribution in [0.5, 0.6) is 5.75 Å². The second kappa shape index (κ2) is 13.8. The van der Waals surface area contributed by atoms with E-state index in [0.29, 0.717) is 18.7 Å². The largest absolute Gasteiger partial charge is 0.483 e. The van der Waals surface area contributed by atoms with Gasteiger partial charge in [-0.25, -0.2) is 0 Å². The van der Waals surface area contributed by atoms with Crippen LogP contribution in [0, 0.1) is 6.92 Å². The van der Waals surface area contributed by atoms with E-state index in [1.165, 1.54) is 6.42 Å². The molecule has 6 heteroatoms. The van der Waals surface area contributed by atoms with Crippen molar-refractivity contribution in [2.45, 2.75) is 64.1 Å². The van der Waals surface area contributed by atoms with Gasteiger partial charge in [0.25, 0.3) is 5.91 Å². The van der Waals surface area contributed by atoms with Gasteiger partial charge < -0.3 is 15.0 Å². The van der Waals surface area contributed by atoms with Crippen LogP contribution < -0.4 is 10.1 Å². The van der Waals surface area contributed by atoms with Crippen LogP contribution in [0.2, 0.25) is 0 Å². The average molecular weight is 614 g/mol. The third kappa shape index (κ3) is 7.36. The molecule has 1 saturated carbocycles. The smallest absolute Gasteiger partial charge is 0.261 e. The van der Waals surface area contributed by atoms with Crippen molar-refractivity contribution < 1.29 is 14.3 Å². The second-order valence-electron chi connectivity index (χ2n) is 10.9. The van der Waals surface area contributed by atoms with Crippen LogP contribution in [0.25, 0.3) is 10.8 Å². The molecule has 1 unspecified atom stereocenters. The molecule has 4 aromatic carbocycles. The Kier molecular flexibility index (Phi) is 9.73. The van der Waals surface area contributed by atoms with Gasteiger partial charge in [-0.1, -0.05) is 104 Å². The van der Waals surface area contributed by atoms with Gasteiger partial charge in [-0.05, 0) is 69.2 Å². The van der Waals surface area contributed by atoms with Crippen molar-refractivity contribution in [3.05, 3.63) is 112 Å². The summed E-state index contributed by atoms with van der Waals surface area (Å²) < 4.78 is 6.93. The lowest BCUT2D eigenvalue weighted by Crippen LogP contribution is -2.53. The van der Waals surface area contributed by atoms with Gasteiger partial charge >= 0.3 is 0 Å². The molecule has 0 spiro atoms. The summed E-state index contributed by atoms with van der Waals surface area (Å²) in [6.07, 6.45) is 5.84. The van der Waals surface area contributed by atoms with Crippen molar-refractivity contribution >= 4 is 38.5 Å². The predicted octanol–water partition coefficient (Wildman–Crippen LogP) is 7.38. The fourth-order valence-corrected chi connectivity index (χ4v) is 6.22. The molecule has 4 aromatic rings. The second-order valence-corrected chi connectivity index (χ2v) is 11.7. The first kappa shape index (κ1) is 28.9. The van der Waals surface area contributed by atoms with Crippen LogP contribution in [0.1, 0.15) is 48.8 Å². The van der Waals surface area contributed by atoms with Crippen LogP contribution >= 0.6 is 15.9 Å². The molecule has 0 heterocycles. The number of nitrogens with one attached hydrogen (secondary N) is 1. The van der Waals surface area contributed by atoms with Gasteiger partial charge in [-0.15, -0.1) is 0 Å². The maximum Gasteiger partial charge on any atom is 0.261 e. The fraction of sp³-hybridized carbons (Fsp3) is 0.314. The standard InChI is InChI=1S/C35H37BrN2O3/c1-25-12-8-9-16-28(25)23-38(33(39)24-41-32-21-20-27-15-10-11-19-30(27)34(32)36)31(22-26-13-4-2-5-14-26)35(40)37-29-17-6-3-7-18-29/h2,4-5,8-16,19-21,29,31H,3,6-7,17-18,22-24H2,1H3,(H,37,40). The highest BCUT2D eigenvalue weighted by atomic mass is 79.9. The SMILES string of the molecule is Cc1ccccc1CN(C(=O)COc1ccc2ccccc2c1Br)C(Cc1ccccc1)C(=O)NC1CCCCC1. The fourth-order valence-electron chi connectivity index (χ4n) is 5.62. The van der Waals surface area contributed by atoms with E-state index in [9.17, 15) is 9.59 Å². The van der Waals surface area contributed by atoms with Crippen molar-refractivity contribution in [3.63, 3.8) is 0 Å². The molecule has 0 bridgehead atoms. The molecule has 212 valence electrons. The lowest BCUT2D eigenvalue weighted by molar-refractivity contribution is -0.143. The number of ether oxygens (including phenoxy) is 1. The molecule has 0 aromatic heterocycles. The number of benzene rings is 4. The number of aryl methyl sites for hydroxylation is 1. The number of halogens is 1. The summed E-state index contributed by atoms with van der Waals surface area (Å²) in [7, 11) is 0. The maximum atomic E-state index is 14.0. The zero-order valence-electron chi connectivity index (χ0n) is 23.5. The van der Waals surface area contributed by atoms with Crippen LogP contribution in [0.3, 0.4) is 0 Å². The number of rotatable bonds is 10. The number of hydrogen-bond acceptors (Lipinski definition) is 3. The summed E-state index contributed by atoms with van der Waals surface area (Å²) in [6, 6.07) is 29.3. The summed E-state index contributed by atoms with van der Waals surface area (Å²) >= 11 is 3.67. The topological polar surface area (TPSA) is 58.6 Å². The molecule has 5 rings (SSSR count). The Morgan fingerprint density at radius 2 is 1.61 bits per heavy atom. The number of nitrogens with zero attached hydrogens (tertiary/aromatic N) is 1. The van der Waals surface area contributed by atoms with Gasteiger partial charge in [0.2, 0.25) is 5.91 Å². The molecule has 1 atom stereocenters. The monoisotopic (exact) mass is 612 g/mol. The highest BCUT2D eigenvalue weighted by Crippen LogP contribution is 2.33.